The molecule has 1 aliphatic rings. The SMILES string of the molecule is Cc1cc2oc3c(c(=O)c2cc1C)[C@H](c1ccc(Cl)cc1)N(CCN(C)C)C3=O. The van der Waals surface area contributed by atoms with E-state index in [9.17, 15) is 9.59 Å². The average Bonchev–Trinajstić information content (AvgIpc) is 2.95. The van der Waals surface area contributed by atoms with E-state index in [-0.39, 0.29) is 17.1 Å². The van der Waals surface area contributed by atoms with Gasteiger partial charge in [-0.2, -0.15) is 0 Å². The predicted molar refractivity (Wildman–Crippen MR) is 115 cm³/mol. The van der Waals surface area contributed by atoms with E-state index in [0.29, 0.717) is 34.6 Å². The molecule has 0 radical (unpaired) electrons. The zero-order valence-corrected chi connectivity index (χ0v) is 17.7. The van der Waals surface area contributed by atoms with E-state index in [2.05, 4.69) is 0 Å². The maximum absolute atomic E-state index is 13.5. The number of amides is 1. The minimum atomic E-state index is -0.489. The van der Waals surface area contributed by atoms with E-state index in [1.165, 1.54) is 0 Å². The molecular formula is C23H23ClN2O3. The summed E-state index contributed by atoms with van der Waals surface area (Å²) in [6.45, 7) is 5.09. The first-order valence-electron chi connectivity index (χ1n) is 9.57. The summed E-state index contributed by atoms with van der Waals surface area (Å²) in [6.07, 6.45) is 0. The molecular weight excluding hydrogens is 388 g/mol. The molecule has 2 aromatic carbocycles. The van der Waals surface area contributed by atoms with Crippen LogP contribution in [0.15, 0.2) is 45.6 Å². The van der Waals surface area contributed by atoms with Crippen LogP contribution in [-0.2, 0) is 0 Å². The number of rotatable bonds is 4. The van der Waals surface area contributed by atoms with Crippen LogP contribution in [-0.4, -0.2) is 42.9 Å². The molecule has 150 valence electrons. The average molecular weight is 411 g/mol. The van der Waals surface area contributed by atoms with Gasteiger partial charge in [0.25, 0.3) is 5.91 Å². The number of carbonyl (C=O) groups is 1. The lowest BCUT2D eigenvalue weighted by Crippen LogP contribution is -2.35. The topological polar surface area (TPSA) is 53.8 Å². The lowest BCUT2D eigenvalue weighted by atomic mass is 9.97. The van der Waals surface area contributed by atoms with Crippen molar-refractivity contribution in [3.8, 4) is 0 Å². The van der Waals surface area contributed by atoms with Gasteiger partial charge in [0.05, 0.1) is 17.0 Å². The second-order valence-corrected chi connectivity index (χ2v) is 8.30. The van der Waals surface area contributed by atoms with Crippen molar-refractivity contribution >= 4 is 28.5 Å². The van der Waals surface area contributed by atoms with E-state index in [0.717, 1.165) is 16.7 Å². The zero-order valence-electron chi connectivity index (χ0n) is 17.0. The fraction of sp³-hybridized carbons (Fsp3) is 0.304. The van der Waals surface area contributed by atoms with Crippen molar-refractivity contribution in [1.29, 1.82) is 0 Å². The van der Waals surface area contributed by atoms with Crippen LogP contribution in [0.2, 0.25) is 5.02 Å². The molecule has 1 atom stereocenters. The number of halogens is 1. The van der Waals surface area contributed by atoms with Gasteiger partial charge in [-0.25, -0.2) is 0 Å². The second kappa shape index (κ2) is 7.32. The van der Waals surface area contributed by atoms with E-state index >= 15 is 0 Å². The Labute approximate surface area is 174 Å². The summed E-state index contributed by atoms with van der Waals surface area (Å²) in [4.78, 5) is 30.5. The smallest absolute Gasteiger partial charge is 0.290 e. The third kappa shape index (κ3) is 3.34. The highest BCUT2D eigenvalue weighted by atomic mass is 35.5. The number of fused-ring (bicyclic) bond motifs is 2. The Hall–Kier alpha value is -2.63. The highest BCUT2D eigenvalue weighted by Gasteiger charge is 2.42. The third-order valence-electron chi connectivity index (χ3n) is 5.56. The molecule has 0 unspecified atom stereocenters. The third-order valence-corrected chi connectivity index (χ3v) is 5.81. The van der Waals surface area contributed by atoms with Gasteiger partial charge < -0.3 is 14.2 Å². The fourth-order valence-electron chi connectivity index (χ4n) is 3.81. The largest absolute Gasteiger partial charge is 0.450 e. The molecule has 29 heavy (non-hydrogen) atoms. The van der Waals surface area contributed by atoms with Gasteiger partial charge in [0.2, 0.25) is 5.76 Å². The molecule has 0 fully saturated rings. The monoisotopic (exact) mass is 410 g/mol. The minimum absolute atomic E-state index is 0.143. The molecule has 0 spiro atoms. The molecule has 6 heteroatoms. The number of hydrogen-bond acceptors (Lipinski definition) is 4. The minimum Gasteiger partial charge on any atom is -0.450 e. The quantitative estimate of drug-likeness (QED) is 0.647. The maximum Gasteiger partial charge on any atom is 0.290 e. The number of benzene rings is 2. The van der Waals surface area contributed by atoms with Gasteiger partial charge in [0.1, 0.15) is 5.58 Å². The van der Waals surface area contributed by atoms with Crippen molar-refractivity contribution in [2.75, 3.05) is 27.2 Å². The van der Waals surface area contributed by atoms with Crippen LogP contribution in [0.3, 0.4) is 0 Å². The Morgan fingerprint density at radius 3 is 2.38 bits per heavy atom. The molecule has 1 amide bonds. The van der Waals surface area contributed by atoms with Crippen molar-refractivity contribution in [1.82, 2.24) is 9.80 Å². The number of carbonyl (C=O) groups excluding carboxylic acids is 1. The first-order chi connectivity index (χ1) is 13.8. The zero-order chi connectivity index (χ0) is 20.9. The first-order valence-corrected chi connectivity index (χ1v) is 9.95. The Morgan fingerprint density at radius 2 is 1.72 bits per heavy atom. The summed E-state index contributed by atoms with van der Waals surface area (Å²) in [5.74, 6) is -0.108. The summed E-state index contributed by atoms with van der Waals surface area (Å²) in [5, 5.41) is 1.11. The van der Waals surface area contributed by atoms with E-state index < -0.39 is 6.04 Å². The fourth-order valence-corrected chi connectivity index (χ4v) is 3.93. The Morgan fingerprint density at radius 1 is 1.07 bits per heavy atom. The number of likely N-dealkylation sites (N-methyl/N-ethyl adjacent to an activating group) is 1. The van der Waals surface area contributed by atoms with Crippen molar-refractivity contribution in [3.63, 3.8) is 0 Å². The van der Waals surface area contributed by atoms with Crippen LogP contribution in [0.25, 0.3) is 11.0 Å². The van der Waals surface area contributed by atoms with Crippen molar-refractivity contribution in [2.45, 2.75) is 19.9 Å². The van der Waals surface area contributed by atoms with E-state index in [1.54, 1.807) is 17.0 Å². The van der Waals surface area contributed by atoms with E-state index in [4.69, 9.17) is 16.0 Å². The summed E-state index contributed by atoms with van der Waals surface area (Å²) in [5.41, 5.74) is 3.59. The van der Waals surface area contributed by atoms with Gasteiger partial charge in [0.15, 0.2) is 5.43 Å². The summed E-state index contributed by atoms with van der Waals surface area (Å²) < 4.78 is 6.01. The Balaban J connectivity index is 1.96. The molecule has 0 aliphatic carbocycles. The van der Waals surface area contributed by atoms with Gasteiger partial charge in [-0.1, -0.05) is 23.7 Å². The van der Waals surface area contributed by atoms with Crippen LogP contribution in [0.4, 0.5) is 0 Å². The first kappa shape index (κ1) is 19.7. The normalized spacial score (nSPS) is 16.1. The molecule has 1 aromatic heterocycles. The summed E-state index contributed by atoms with van der Waals surface area (Å²) in [6, 6.07) is 10.5. The second-order valence-electron chi connectivity index (χ2n) is 7.86. The summed E-state index contributed by atoms with van der Waals surface area (Å²) in [7, 11) is 3.91. The lowest BCUT2D eigenvalue weighted by molar-refractivity contribution is 0.0716. The van der Waals surface area contributed by atoms with Gasteiger partial charge in [0, 0.05) is 18.1 Å². The molecule has 3 aromatic rings. The van der Waals surface area contributed by atoms with Crippen LogP contribution < -0.4 is 5.43 Å². The van der Waals surface area contributed by atoms with Crippen molar-refractivity contribution in [3.05, 3.63) is 79.7 Å². The standard InChI is InChI=1S/C23H23ClN2O3/c1-13-11-17-18(12-14(13)2)29-22-19(21(17)27)20(15-5-7-16(24)8-6-15)26(23(22)28)10-9-25(3)4/h5-8,11-12,20H,9-10H2,1-4H3/t20-/m0/s1. The molecule has 0 N–H and O–H groups in total. The number of hydrogen-bond donors (Lipinski definition) is 0. The maximum atomic E-state index is 13.5. The van der Waals surface area contributed by atoms with Crippen LogP contribution in [0, 0.1) is 13.8 Å². The number of nitrogens with zero attached hydrogens (tertiary/aromatic N) is 2. The van der Waals surface area contributed by atoms with E-state index in [1.807, 2.05) is 57.1 Å². The molecule has 0 saturated heterocycles. The Kier molecular flexibility index (Phi) is 4.97. The van der Waals surface area contributed by atoms with Gasteiger partial charge in [-0.3, -0.25) is 9.59 Å². The van der Waals surface area contributed by atoms with Crippen LogP contribution in [0.5, 0.6) is 0 Å². The van der Waals surface area contributed by atoms with Crippen LogP contribution in [0.1, 0.15) is 38.9 Å². The van der Waals surface area contributed by atoms with Gasteiger partial charge >= 0.3 is 0 Å². The van der Waals surface area contributed by atoms with Crippen LogP contribution >= 0.6 is 11.6 Å². The van der Waals surface area contributed by atoms with Gasteiger partial charge in [-0.15, -0.1) is 0 Å². The Bertz CT molecular complexity index is 1170. The van der Waals surface area contributed by atoms with Crippen molar-refractivity contribution in [2.24, 2.45) is 0 Å². The van der Waals surface area contributed by atoms with Crippen molar-refractivity contribution < 1.29 is 9.21 Å². The highest BCUT2D eigenvalue weighted by Crippen LogP contribution is 2.38. The summed E-state index contributed by atoms with van der Waals surface area (Å²) >= 11 is 6.06. The highest BCUT2D eigenvalue weighted by molar-refractivity contribution is 6.30. The number of aryl methyl sites for hydroxylation is 2. The molecule has 4 rings (SSSR count). The molecule has 1 aliphatic heterocycles. The predicted octanol–water partition coefficient (Wildman–Crippen LogP) is 4.17. The molecule has 0 saturated carbocycles. The van der Waals surface area contributed by atoms with Gasteiger partial charge in [-0.05, 0) is 68.9 Å². The molecule has 2 heterocycles. The molecule has 5 nitrogen and oxygen atoms in total. The lowest BCUT2D eigenvalue weighted by Gasteiger charge is -2.26. The molecule has 0 bridgehead atoms.